The van der Waals surface area contributed by atoms with E-state index in [-0.39, 0.29) is 17.2 Å². The van der Waals surface area contributed by atoms with Crippen LogP contribution in [0.4, 0.5) is 10.1 Å². The summed E-state index contributed by atoms with van der Waals surface area (Å²) in [5.41, 5.74) is 6.98. The number of allylic oxidation sites excluding steroid dienone is 3. The number of anilines is 1. The second-order valence-corrected chi connectivity index (χ2v) is 9.60. The number of Topliss-reactive ketones (excluding diaryl/α,β-unsaturated/α-hetero) is 1. The van der Waals surface area contributed by atoms with Crippen molar-refractivity contribution in [1.82, 2.24) is 15.3 Å². The molecule has 0 radical (unpaired) electrons. The topological polar surface area (TPSA) is 73.4 Å². The first-order chi connectivity index (χ1) is 18.3. The number of carbonyl (C=O) groups excluding carboxylic acids is 1. The Morgan fingerprint density at radius 2 is 2.00 bits per heavy atom. The minimum Gasteiger partial charge on any atom is -0.352 e. The number of hydrogen-bond acceptors (Lipinski definition) is 5. The molecule has 0 atom stereocenters. The summed E-state index contributed by atoms with van der Waals surface area (Å²) < 4.78 is 13.7. The molecule has 0 unspecified atom stereocenters. The summed E-state index contributed by atoms with van der Waals surface area (Å²) in [6.07, 6.45) is 9.39. The lowest BCUT2D eigenvalue weighted by atomic mass is 9.99. The fourth-order valence-electron chi connectivity index (χ4n) is 4.52. The molecule has 0 bridgehead atoms. The van der Waals surface area contributed by atoms with E-state index in [1.807, 2.05) is 33.0 Å². The molecule has 7 heteroatoms. The number of aryl methyl sites for hydroxylation is 4. The Bertz CT molecular complexity index is 1340. The second-order valence-electron chi connectivity index (χ2n) is 9.60. The SMILES string of the molecule is C=C(/C=N\N(C)c1cnc(CC/C(F)=C\CC)cc1C)C(=O)c1cc2cc(CC)c(CCCNC)cc2[nH]1. The maximum Gasteiger partial charge on any atom is 0.210 e. The van der Waals surface area contributed by atoms with Gasteiger partial charge in [-0.15, -0.1) is 0 Å². The molecule has 0 amide bonds. The van der Waals surface area contributed by atoms with Crippen LogP contribution in [0.25, 0.3) is 10.9 Å². The first-order valence-electron chi connectivity index (χ1n) is 13.4. The van der Waals surface area contributed by atoms with E-state index in [0.717, 1.165) is 53.7 Å². The van der Waals surface area contributed by atoms with Gasteiger partial charge in [-0.2, -0.15) is 5.10 Å². The Kier molecular flexibility index (Phi) is 10.5. The molecular weight excluding hydrogens is 477 g/mol. The summed E-state index contributed by atoms with van der Waals surface area (Å²) >= 11 is 0. The Hall–Kier alpha value is -3.58. The van der Waals surface area contributed by atoms with Crippen LogP contribution in [-0.4, -0.2) is 42.6 Å². The van der Waals surface area contributed by atoms with Crippen molar-refractivity contribution in [1.29, 1.82) is 0 Å². The molecule has 6 nitrogen and oxygen atoms in total. The van der Waals surface area contributed by atoms with Gasteiger partial charge in [0.25, 0.3) is 0 Å². The Balaban J connectivity index is 1.69. The van der Waals surface area contributed by atoms with Gasteiger partial charge in [0.2, 0.25) is 5.78 Å². The zero-order chi connectivity index (χ0) is 27.7. The van der Waals surface area contributed by atoms with Gasteiger partial charge in [-0.25, -0.2) is 4.39 Å². The average Bonchev–Trinajstić information content (AvgIpc) is 3.32. The third kappa shape index (κ3) is 7.48. The highest BCUT2D eigenvalue weighted by atomic mass is 19.1. The molecule has 1 aromatic carbocycles. The maximum absolute atomic E-state index is 13.7. The van der Waals surface area contributed by atoms with Gasteiger partial charge in [0, 0.05) is 35.6 Å². The Morgan fingerprint density at radius 3 is 2.68 bits per heavy atom. The lowest BCUT2D eigenvalue weighted by molar-refractivity contribution is 0.103. The third-order valence-corrected chi connectivity index (χ3v) is 6.65. The molecule has 0 saturated carbocycles. The van der Waals surface area contributed by atoms with Crippen molar-refractivity contribution in [2.24, 2.45) is 5.10 Å². The molecular formula is C31H40FN5O. The zero-order valence-electron chi connectivity index (χ0n) is 23.3. The van der Waals surface area contributed by atoms with E-state index < -0.39 is 0 Å². The normalized spacial score (nSPS) is 12.0. The van der Waals surface area contributed by atoms with Crippen LogP contribution < -0.4 is 10.3 Å². The summed E-state index contributed by atoms with van der Waals surface area (Å²) in [6.45, 7) is 11.0. The van der Waals surface area contributed by atoms with Gasteiger partial charge in [-0.05, 0) is 93.6 Å². The minimum absolute atomic E-state index is 0.105. The number of nitrogens with zero attached hydrogens (tertiary/aromatic N) is 3. The highest BCUT2D eigenvalue weighted by molar-refractivity contribution is 6.21. The van der Waals surface area contributed by atoms with Gasteiger partial charge in [0.05, 0.1) is 29.6 Å². The monoisotopic (exact) mass is 517 g/mol. The predicted molar refractivity (Wildman–Crippen MR) is 157 cm³/mol. The molecule has 38 heavy (non-hydrogen) atoms. The van der Waals surface area contributed by atoms with E-state index in [2.05, 4.69) is 46.0 Å². The molecule has 3 aromatic rings. The molecule has 3 rings (SSSR count). The van der Waals surface area contributed by atoms with Crippen LogP contribution in [0.5, 0.6) is 0 Å². The lowest BCUT2D eigenvalue weighted by Gasteiger charge is -2.16. The number of hydrogen-bond donors (Lipinski definition) is 2. The first kappa shape index (κ1) is 29.0. The summed E-state index contributed by atoms with van der Waals surface area (Å²) in [4.78, 5) is 20.8. The van der Waals surface area contributed by atoms with Gasteiger partial charge < -0.3 is 10.3 Å². The van der Waals surface area contributed by atoms with Crippen molar-refractivity contribution < 1.29 is 9.18 Å². The molecule has 0 spiro atoms. The average molecular weight is 518 g/mol. The van der Waals surface area contributed by atoms with E-state index >= 15 is 0 Å². The van der Waals surface area contributed by atoms with E-state index in [1.54, 1.807) is 24.3 Å². The molecule has 0 aliphatic heterocycles. The number of rotatable bonds is 14. The maximum atomic E-state index is 13.7. The van der Waals surface area contributed by atoms with Crippen molar-refractivity contribution in [3.8, 4) is 0 Å². The summed E-state index contributed by atoms with van der Waals surface area (Å²) in [5.74, 6) is -0.299. The van der Waals surface area contributed by atoms with Crippen LogP contribution in [-0.2, 0) is 19.3 Å². The van der Waals surface area contributed by atoms with Gasteiger partial charge in [0.15, 0.2) is 0 Å². The van der Waals surface area contributed by atoms with Crippen LogP contribution in [0, 0.1) is 6.92 Å². The number of halogens is 1. The number of benzene rings is 1. The number of carbonyl (C=O) groups is 1. The molecule has 2 aromatic heterocycles. The highest BCUT2D eigenvalue weighted by Gasteiger charge is 2.14. The van der Waals surface area contributed by atoms with Gasteiger partial charge >= 0.3 is 0 Å². The smallest absolute Gasteiger partial charge is 0.210 e. The molecule has 2 heterocycles. The second kappa shape index (κ2) is 13.8. The fraction of sp³-hybridized carbons (Fsp3) is 0.387. The first-order valence-corrected chi connectivity index (χ1v) is 13.4. The van der Waals surface area contributed by atoms with Gasteiger partial charge in [0.1, 0.15) is 0 Å². The molecule has 202 valence electrons. The van der Waals surface area contributed by atoms with Gasteiger partial charge in [-0.3, -0.25) is 14.8 Å². The van der Waals surface area contributed by atoms with Crippen LogP contribution in [0.15, 0.2) is 59.6 Å². The lowest BCUT2D eigenvalue weighted by Crippen LogP contribution is -2.13. The zero-order valence-corrected chi connectivity index (χ0v) is 23.3. The molecule has 2 N–H and O–H groups in total. The number of hydrazone groups is 1. The Labute approximate surface area is 225 Å². The quantitative estimate of drug-likeness (QED) is 0.0826. The van der Waals surface area contributed by atoms with E-state index in [0.29, 0.717) is 25.0 Å². The predicted octanol–water partition coefficient (Wildman–Crippen LogP) is 6.64. The number of ketones is 1. The van der Waals surface area contributed by atoms with E-state index in [4.69, 9.17) is 0 Å². The standard InChI is InChI=1S/C31H40FN5O/c1-7-10-26(32)12-13-27-15-21(3)30(20-34-27)37(6)35-19-22(4)31(38)29-18-25-16-23(8-2)24(11-9-14-33-5)17-28(25)36-29/h10,15-20,33,36H,4,7-9,11-14H2,1-3,5-6H3/b26-10+,35-19-. The van der Waals surface area contributed by atoms with Crippen molar-refractivity contribution in [3.05, 3.63) is 82.6 Å². The Morgan fingerprint density at radius 1 is 1.21 bits per heavy atom. The summed E-state index contributed by atoms with van der Waals surface area (Å²) in [7, 11) is 3.76. The fourth-order valence-corrected chi connectivity index (χ4v) is 4.52. The number of H-pyrrole nitrogens is 1. The van der Waals surface area contributed by atoms with Crippen LogP contribution in [0.3, 0.4) is 0 Å². The van der Waals surface area contributed by atoms with Gasteiger partial charge in [-0.1, -0.05) is 26.5 Å². The van der Waals surface area contributed by atoms with Crippen LogP contribution in [0.2, 0.25) is 0 Å². The number of aromatic nitrogens is 2. The van der Waals surface area contributed by atoms with Crippen molar-refractivity contribution >= 4 is 28.6 Å². The summed E-state index contributed by atoms with van der Waals surface area (Å²) in [6, 6.07) is 8.18. The number of aromatic amines is 1. The van der Waals surface area contributed by atoms with Crippen molar-refractivity contribution in [2.45, 2.75) is 59.3 Å². The minimum atomic E-state index is -0.194. The molecule has 0 fully saturated rings. The van der Waals surface area contributed by atoms with Crippen molar-refractivity contribution in [3.63, 3.8) is 0 Å². The molecule has 0 saturated heterocycles. The number of fused-ring (bicyclic) bond motifs is 1. The largest absolute Gasteiger partial charge is 0.352 e. The highest BCUT2D eigenvalue weighted by Crippen LogP contribution is 2.24. The van der Waals surface area contributed by atoms with Crippen LogP contribution in [0.1, 0.15) is 66.0 Å². The number of nitrogens with one attached hydrogen (secondary N) is 2. The molecule has 0 aliphatic rings. The van der Waals surface area contributed by atoms with E-state index in [9.17, 15) is 9.18 Å². The van der Waals surface area contributed by atoms with Crippen LogP contribution >= 0.6 is 0 Å². The molecule has 0 aliphatic carbocycles. The van der Waals surface area contributed by atoms with E-state index in [1.165, 1.54) is 17.3 Å². The van der Waals surface area contributed by atoms with Crippen molar-refractivity contribution in [2.75, 3.05) is 25.6 Å². The number of pyridine rings is 1. The third-order valence-electron chi connectivity index (χ3n) is 6.65. The summed E-state index contributed by atoms with van der Waals surface area (Å²) in [5, 5.41) is 10.3.